The Labute approximate surface area is 123 Å². The molecule has 0 aromatic heterocycles. The van der Waals surface area contributed by atoms with Gasteiger partial charge >= 0.3 is 0 Å². The Morgan fingerprint density at radius 3 is 2.80 bits per heavy atom. The topological polar surface area (TPSA) is 18.5 Å². The van der Waals surface area contributed by atoms with Gasteiger partial charge in [-0.05, 0) is 57.5 Å². The van der Waals surface area contributed by atoms with E-state index in [2.05, 4.69) is 53.5 Å². The number of benzene rings is 1. The Morgan fingerprint density at radius 2 is 2.05 bits per heavy atom. The maximum absolute atomic E-state index is 3.64. The van der Waals surface area contributed by atoms with Gasteiger partial charge in [0.1, 0.15) is 0 Å². The zero-order valence-corrected chi connectivity index (χ0v) is 12.8. The number of hydrogen-bond donors (Lipinski definition) is 1. The van der Waals surface area contributed by atoms with Gasteiger partial charge in [-0.1, -0.05) is 18.2 Å². The van der Waals surface area contributed by atoms with Gasteiger partial charge in [0.05, 0.1) is 0 Å². The molecule has 2 aliphatic heterocycles. The fourth-order valence-corrected chi connectivity index (χ4v) is 3.71. The third kappa shape index (κ3) is 2.84. The average molecular weight is 273 g/mol. The van der Waals surface area contributed by atoms with E-state index in [0.29, 0.717) is 12.1 Å². The van der Waals surface area contributed by atoms with Crippen LogP contribution in [0, 0.1) is 0 Å². The van der Waals surface area contributed by atoms with Crippen LogP contribution in [-0.4, -0.2) is 44.7 Å². The Morgan fingerprint density at radius 1 is 1.20 bits per heavy atom. The number of nitrogens with zero attached hydrogens (tertiary/aromatic N) is 2. The predicted molar refractivity (Wildman–Crippen MR) is 85.3 cm³/mol. The van der Waals surface area contributed by atoms with Crippen molar-refractivity contribution < 1.29 is 0 Å². The maximum Gasteiger partial charge on any atom is 0.0415 e. The van der Waals surface area contributed by atoms with Crippen LogP contribution in [0.15, 0.2) is 24.3 Å². The van der Waals surface area contributed by atoms with Crippen LogP contribution in [0.4, 0.5) is 5.69 Å². The van der Waals surface area contributed by atoms with Gasteiger partial charge in [-0.2, -0.15) is 0 Å². The van der Waals surface area contributed by atoms with Crippen LogP contribution in [0.2, 0.25) is 0 Å². The van der Waals surface area contributed by atoms with Crippen LogP contribution < -0.4 is 10.2 Å². The number of anilines is 1. The molecule has 2 unspecified atom stereocenters. The van der Waals surface area contributed by atoms with Gasteiger partial charge in [0, 0.05) is 31.4 Å². The molecule has 0 amide bonds. The zero-order chi connectivity index (χ0) is 13.9. The summed E-state index contributed by atoms with van der Waals surface area (Å²) < 4.78 is 0. The van der Waals surface area contributed by atoms with E-state index in [1.165, 1.54) is 50.0 Å². The fraction of sp³-hybridized carbons (Fsp3) is 0.647. The van der Waals surface area contributed by atoms with Crippen molar-refractivity contribution in [2.24, 2.45) is 0 Å². The third-order valence-electron chi connectivity index (χ3n) is 4.90. The van der Waals surface area contributed by atoms with Gasteiger partial charge in [0.2, 0.25) is 0 Å². The van der Waals surface area contributed by atoms with Crippen molar-refractivity contribution in [1.29, 1.82) is 0 Å². The van der Waals surface area contributed by atoms with E-state index in [4.69, 9.17) is 0 Å². The van der Waals surface area contributed by atoms with Gasteiger partial charge in [-0.25, -0.2) is 0 Å². The highest BCUT2D eigenvalue weighted by atomic mass is 15.2. The average Bonchev–Trinajstić information content (AvgIpc) is 3.00. The molecule has 1 N–H and O–H groups in total. The quantitative estimate of drug-likeness (QED) is 0.913. The van der Waals surface area contributed by atoms with Crippen molar-refractivity contribution in [3.8, 4) is 0 Å². The van der Waals surface area contributed by atoms with Gasteiger partial charge in [0.25, 0.3) is 0 Å². The molecule has 0 radical (unpaired) electrons. The van der Waals surface area contributed by atoms with Crippen molar-refractivity contribution in [2.75, 3.05) is 38.6 Å². The number of para-hydroxylation sites is 1. The minimum Gasteiger partial charge on any atom is -0.370 e. The largest absolute Gasteiger partial charge is 0.370 e. The molecule has 20 heavy (non-hydrogen) atoms. The predicted octanol–water partition coefficient (Wildman–Crippen LogP) is 2.64. The van der Waals surface area contributed by atoms with Crippen LogP contribution in [0.1, 0.15) is 37.3 Å². The van der Waals surface area contributed by atoms with E-state index in [0.717, 1.165) is 6.54 Å². The highest BCUT2D eigenvalue weighted by Crippen LogP contribution is 2.32. The summed E-state index contributed by atoms with van der Waals surface area (Å²) in [6, 6.07) is 10.2. The smallest absolute Gasteiger partial charge is 0.0415 e. The number of nitrogens with one attached hydrogen (secondary N) is 1. The van der Waals surface area contributed by atoms with Crippen molar-refractivity contribution in [3.63, 3.8) is 0 Å². The monoisotopic (exact) mass is 273 g/mol. The fourth-order valence-electron chi connectivity index (χ4n) is 3.71. The zero-order valence-electron chi connectivity index (χ0n) is 12.8. The summed E-state index contributed by atoms with van der Waals surface area (Å²) in [7, 11) is 4.52. The van der Waals surface area contributed by atoms with Crippen LogP contribution in [0.25, 0.3) is 0 Å². The van der Waals surface area contributed by atoms with Crippen molar-refractivity contribution in [2.45, 2.75) is 37.8 Å². The summed E-state index contributed by atoms with van der Waals surface area (Å²) >= 11 is 0. The van der Waals surface area contributed by atoms with E-state index < -0.39 is 0 Å². The second kappa shape index (κ2) is 6.15. The van der Waals surface area contributed by atoms with Crippen molar-refractivity contribution in [1.82, 2.24) is 10.2 Å². The van der Waals surface area contributed by atoms with E-state index >= 15 is 0 Å². The molecule has 0 spiro atoms. The lowest BCUT2D eigenvalue weighted by Crippen LogP contribution is -2.45. The van der Waals surface area contributed by atoms with Crippen molar-refractivity contribution in [3.05, 3.63) is 29.8 Å². The Kier molecular flexibility index (Phi) is 4.27. The third-order valence-corrected chi connectivity index (χ3v) is 4.90. The highest BCUT2D eigenvalue weighted by molar-refractivity contribution is 5.55. The first-order valence-corrected chi connectivity index (χ1v) is 7.99. The molecule has 2 heterocycles. The number of hydrogen-bond acceptors (Lipinski definition) is 3. The van der Waals surface area contributed by atoms with E-state index in [1.54, 1.807) is 0 Å². The molecule has 2 aliphatic rings. The Hall–Kier alpha value is -1.06. The number of rotatable bonds is 3. The van der Waals surface area contributed by atoms with E-state index in [1.807, 2.05) is 0 Å². The van der Waals surface area contributed by atoms with Gasteiger partial charge in [-0.15, -0.1) is 0 Å². The molecule has 2 fully saturated rings. The standard InChI is InChI=1S/C17H27N3/c1-19-12-6-7-14(13-19)20(2)17-10-4-3-8-15(17)16-9-5-11-18-16/h3-4,8,10,14,16,18H,5-7,9,11-13H2,1-2H3. The molecule has 1 aromatic rings. The second-order valence-corrected chi connectivity index (χ2v) is 6.38. The minimum atomic E-state index is 0.551. The molecule has 0 saturated carbocycles. The summed E-state index contributed by atoms with van der Waals surface area (Å²) in [5.74, 6) is 0. The second-order valence-electron chi connectivity index (χ2n) is 6.38. The molecule has 2 saturated heterocycles. The lowest BCUT2D eigenvalue weighted by molar-refractivity contribution is 0.247. The normalized spacial score (nSPS) is 27.7. The molecular formula is C17H27N3. The first kappa shape index (κ1) is 13.9. The molecule has 0 aliphatic carbocycles. The van der Waals surface area contributed by atoms with Crippen LogP contribution in [0.5, 0.6) is 0 Å². The van der Waals surface area contributed by atoms with Gasteiger partial charge < -0.3 is 15.1 Å². The Balaban J connectivity index is 1.81. The van der Waals surface area contributed by atoms with Gasteiger partial charge in [0.15, 0.2) is 0 Å². The molecule has 2 atom stereocenters. The van der Waals surface area contributed by atoms with Crippen LogP contribution in [0.3, 0.4) is 0 Å². The summed E-state index contributed by atoms with van der Waals surface area (Å²) in [6.07, 6.45) is 5.20. The summed E-state index contributed by atoms with van der Waals surface area (Å²) in [6.45, 7) is 3.59. The first-order valence-electron chi connectivity index (χ1n) is 7.99. The first-order chi connectivity index (χ1) is 9.75. The summed E-state index contributed by atoms with van der Waals surface area (Å²) in [5, 5.41) is 3.64. The van der Waals surface area contributed by atoms with E-state index in [9.17, 15) is 0 Å². The molecule has 0 bridgehead atoms. The van der Waals surface area contributed by atoms with E-state index in [-0.39, 0.29) is 0 Å². The van der Waals surface area contributed by atoms with Crippen LogP contribution >= 0.6 is 0 Å². The Bertz CT molecular complexity index is 440. The number of likely N-dealkylation sites (N-methyl/N-ethyl adjacent to an activating group) is 2. The molecule has 1 aromatic carbocycles. The lowest BCUT2D eigenvalue weighted by atomic mass is 9.99. The molecule has 110 valence electrons. The molecule has 3 rings (SSSR count). The maximum atomic E-state index is 3.64. The number of piperidine rings is 1. The SMILES string of the molecule is CN1CCCC(N(C)c2ccccc2C2CCCN2)C1. The van der Waals surface area contributed by atoms with Crippen LogP contribution in [-0.2, 0) is 0 Å². The van der Waals surface area contributed by atoms with Crippen molar-refractivity contribution >= 4 is 5.69 Å². The molecule has 3 nitrogen and oxygen atoms in total. The summed E-state index contributed by atoms with van der Waals surface area (Å²) in [4.78, 5) is 4.98. The van der Waals surface area contributed by atoms with Gasteiger partial charge in [-0.3, -0.25) is 0 Å². The summed E-state index contributed by atoms with van der Waals surface area (Å²) in [5.41, 5.74) is 2.91. The minimum absolute atomic E-state index is 0.551. The lowest BCUT2D eigenvalue weighted by Gasteiger charge is -2.38. The molecule has 3 heteroatoms. The number of likely N-dealkylation sites (tertiary alicyclic amines) is 1. The highest BCUT2D eigenvalue weighted by Gasteiger charge is 2.25. The molecular weight excluding hydrogens is 246 g/mol.